The van der Waals surface area contributed by atoms with Crippen LogP contribution in [-0.4, -0.2) is 7.11 Å². The van der Waals surface area contributed by atoms with Crippen molar-refractivity contribution in [3.8, 4) is 5.75 Å². The molecule has 0 aliphatic rings. The highest BCUT2D eigenvalue weighted by Crippen LogP contribution is 2.29. The summed E-state index contributed by atoms with van der Waals surface area (Å²) in [6.45, 7) is 2.02. The van der Waals surface area contributed by atoms with Crippen molar-refractivity contribution in [2.75, 3.05) is 12.4 Å². The molecule has 18 heavy (non-hydrogen) atoms. The summed E-state index contributed by atoms with van der Waals surface area (Å²) in [5.41, 5.74) is 0.917. The second-order valence-corrected chi connectivity index (χ2v) is 5.05. The van der Waals surface area contributed by atoms with Crippen molar-refractivity contribution in [1.82, 2.24) is 0 Å². The molecule has 3 nitrogen and oxygen atoms in total. The molecule has 0 amide bonds. The highest BCUT2D eigenvalue weighted by molar-refractivity contribution is 9.10. The van der Waals surface area contributed by atoms with Gasteiger partial charge in [-0.15, -0.1) is 0 Å². The molecule has 96 valence electrons. The lowest BCUT2D eigenvalue weighted by molar-refractivity contribution is 0.415. The van der Waals surface area contributed by atoms with Gasteiger partial charge in [0.25, 0.3) is 0 Å². The number of halogens is 2. The first-order chi connectivity index (χ1) is 8.60. The van der Waals surface area contributed by atoms with Gasteiger partial charge in [-0.05, 0) is 53.2 Å². The molecule has 2 aromatic rings. The number of furan rings is 1. The Bertz CT molecular complexity index is 542. The zero-order valence-electron chi connectivity index (χ0n) is 10.0. The molecule has 1 N–H and O–H groups in total. The van der Waals surface area contributed by atoms with Gasteiger partial charge in [0, 0.05) is 5.69 Å². The number of hydrogen-bond donors (Lipinski definition) is 1. The van der Waals surface area contributed by atoms with E-state index in [1.165, 1.54) is 0 Å². The molecule has 0 spiro atoms. The van der Waals surface area contributed by atoms with Crippen LogP contribution in [0.5, 0.6) is 5.75 Å². The maximum absolute atomic E-state index is 6.07. The van der Waals surface area contributed by atoms with Crippen LogP contribution in [0.3, 0.4) is 0 Å². The lowest BCUT2D eigenvalue weighted by atomic mass is 10.2. The summed E-state index contributed by atoms with van der Waals surface area (Å²) in [6.07, 6.45) is 0. The van der Waals surface area contributed by atoms with Crippen molar-refractivity contribution in [1.29, 1.82) is 0 Å². The third kappa shape index (κ3) is 3.00. The Morgan fingerprint density at radius 2 is 2.11 bits per heavy atom. The van der Waals surface area contributed by atoms with Crippen molar-refractivity contribution in [2.24, 2.45) is 0 Å². The predicted octanol–water partition coefficient (Wildman–Crippen LogP) is 4.88. The lowest BCUT2D eigenvalue weighted by Gasteiger charge is -2.14. The van der Waals surface area contributed by atoms with Crippen LogP contribution in [0.2, 0.25) is 5.02 Å². The molecular weight excluding hydrogens is 318 g/mol. The SMILES string of the molecule is COc1ccc(NC(C)c2ccc(Br)o2)cc1Cl. The molecule has 0 bridgehead atoms. The smallest absolute Gasteiger partial charge is 0.169 e. The van der Waals surface area contributed by atoms with Gasteiger partial charge in [0.2, 0.25) is 0 Å². The van der Waals surface area contributed by atoms with E-state index in [9.17, 15) is 0 Å². The lowest BCUT2D eigenvalue weighted by Crippen LogP contribution is -2.05. The van der Waals surface area contributed by atoms with Gasteiger partial charge in [-0.3, -0.25) is 0 Å². The highest BCUT2D eigenvalue weighted by atomic mass is 79.9. The van der Waals surface area contributed by atoms with E-state index in [1.807, 2.05) is 37.3 Å². The maximum Gasteiger partial charge on any atom is 0.169 e. The van der Waals surface area contributed by atoms with Crippen LogP contribution in [0.4, 0.5) is 5.69 Å². The predicted molar refractivity (Wildman–Crippen MR) is 76.4 cm³/mol. The van der Waals surface area contributed by atoms with Crippen molar-refractivity contribution < 1.29 is 9.15 Å². The quantitative estimate of drug-likeness (QED) is 0.868. The first-order valence-corrected chi connectivity index (χ1v) is 6.62. The van der Waals surface area contributed by atoms with Crippen LogP contribution >= 0.6 is 27.5 Å². The fourth-order valence-corrected chi connectivity index (χ4v) is 2.22. The molecule has 0 radical (unpaired) electrons. The number of methoxy groups -OCH3 is 1. The molecule has 5 heteroatoms. The topological polar surface area (TPSA) is 34.4 Å². The molecule has 2 rings (SSSR count). The minimum atomic E-state index is 0.0563. The molecule has 1 unspecified atom stereocenters. The van der Waals surface area contributed by atoms with E-state index in [0.29, 0.717) is 10.8 Å². The number of anilines is 1. The average Bonchev–Trinajstić information content (AvgIpc) is 2.76. The maximum atomic E-state index is 6.07. The first-order valence-electron chi connectivity index (χ1n) is 5.45. The van der Waals surface area contributed by atoms with Crippen molar-refractivity contribution in [2.45, 2.75) is 13.0 Å². The van der Waals surface area contributed by atoms with Crippen molar-refractivity contribution in [3.63, 3.8) is 0 Å². The van der Waals surface area contributed by atoms with Crippen LogP contribution in [0, 0.1) is 0 Å². The molecular formula is C13H13BrClNO2. The van der Waals surface area contributed by atoms with E-state index < -0.39 is 0 Å². The monoisotopic (exact) mass is 329 g/mol. The average molecular weight is 331 g/mol. The van der Waals surface area contributed by atoms with E-state index in [0.717, 1.165) is 16.1 Å². The van der Waals surface area contributed by atoms with E-state index in [2.05, 4.69) is 21.2 Å². The van der Waals surface area contributed by atoms with Gasteiger partial charge in [-0.2, -0.15) is 0 Å². The van der Waals surface area contributed by atoms with E-state index in [4.69, 9.17) is 20.8 Å². The fourth-order valence-electron chi connectivity index (χ4n) is 1.64. The van der Waals surface area contributed by atoms with Crippen LogP contribution in [0.15, 0.2) is 39.4 Å². The zero-order valence-corrected chi connectivity index (χ0v) is 12.4. The number of nitrogens with one attached hydrogen (secondary N) is 1. The van der Waals surface area contributed by atoms with E-state index >= 15 is 0 Å². The van der Waals surface area contributed by atoms with E-state index in [1.54, 1.807) is 7.11 Å². The number of ether oxygens (including phenoxy) is 1. The molecule has 1 heterocycles. The number of hydrogen-bond acceptors (Lipinski definition) is 3. The van der Waals surface area contributed by atoms with Gasteiger partial charge in [0.05, 0.1) is 18.2 Å². The molecule has 1 aromatic carbocycles. The minimum Gasteiger partial charge on any atom is -0.495 e. The van der Waals surface area contributed by atoms with Crippen LogP contribution < -0.4 is 10.1 Å². The van der Waals surface area contributed by atoms with Gasteiger partial charge in [-0.1, -0.05) is 11.6 Å². The second kappa shape index (κ2) is 5.67. The van der Waals surface area contributed by atoms with Gasteiger partial charge in [0.15, 0.2) is 4.67 Å². The summed E-state index contributed by atoms with van der Waals surface area (Å²) >= 11 is 9.35. The van der Waals surface area contributed by atoms with Crippen molar-refractivity contribution in [3.05, 3.63) is 45.8 Å². The third-order valence-corrected chi connectivity index (χ3v) is 3.28. The Labute approximate surface area is 119 Å². The summed E-state index contributed by atoms with van der Waals surface area (Å²) in [5, 5.41) is 3.89. The summed E-state index contributed by atoms with van der Waals surface area (Å²) in [5.74, 6) is 1.52. The van der Waals surface area contributed by atoms with E-state index in [-0.39, 0.29) is 6.04 Å². The summed E-state index contributed by atoms with van der Waals surface area (Å²) in [4.78, 5) is 0. The Balaban J connectivity index is 2.12. The summed E-state index contributed by atoms with van der Waals surface area (Å²) in [6, 6.07) is 9.42. The number of rotatable bonds is 4. The highest BCUT2D eigenvalue weighted by Gasteiger charge is 2.10. The third-order valence-electron chi connectivity index (χ3n) is 2.56. The Kier molecular flexibility index (Phi) is 4.19. The molecule has 0 saturated carbocycles. The van der Waals surface area contributed by atoms with Crippen LogP contribution in [0.1, 0.15) is 18.7 Å². The molecule has 0 fully saturated rings. The summed E-state index contributed by atoms with van der Waals surface area (Å²) < 4.78 is 11.3. The Hall–Kier alpha value is -1.13. The van der Waals surface area contributed by atoms with Gasteiger partial charge >= 0.3 is 0 Å². The minimum absolute atomic E-state index is 0.0563. The zero-order chi connectivity index (χ0) is 13.1. The van der Waals surface area contributed by atoms with Gasteiger partial charge in [-0.25, -0.2) is 0 Å². The van der Waals surface area contributed by atoms with Crippen molar-refractivity contribution >= 4 is 33.2 Å². The Morgan fingerprint density at radius 3 is 2.67 bits per heavy atom. The Morgan fingerprint density at radius 1 is 1.33 bits per heavy atom. The standard InChI is InChI=1S/C13H13BrClNO2/c1-8(11-5-6-13(14)18-11)16-9-3-4-12(17-2)10(15)7-9/h3-8,16H,1-2H3. The molecule has 0 aliphatic heterocycles. The molecule has 0 aliphatic carbocycles. The fraction of sp³-hybridized carbons (Fsp3) is 0.231. The first kappa shape index (κ1) is 13.3. The second-order valence-electron chi connectivity index (χ2n) is 3.86. The largest absolute Gasteiger partial charge is 0.495 e. The normalized spacial score (nSPS) is 12.2. The van der Waals surface area contributed by atoms with Crippen LogP contribution in [-0.2, 0) is 0 Å². The number of benzene rings is 1. The molecule has 1 aromatic heterocycles. The van der Waals surface area contributed by atoms with Crippen LogP contribution in [0.25, 0.3) is 0 Å². The molecule has 1 atom stereocenters. The summed E-state index contributed by atoms with van der Waals surface area (Å²) in [7, 11) is 1.59. The molecule has 0 saturated heterocycles. The van der Waals surface area contributed by atoms with Gasteiger partial charge < -0.3 is 14.5 Å². The van der Waals surface area contributed by atoms with Gasteiger partial charge in [0.1, 0.15) is 11.5 Å².